The van der Waals surface area contributed by atoms with E-state index in [2.05, 4.69) is 20.7 Å². The molecule has 0 heterocycles. The third kappa shape index (κ3) is 4.53. The van der Waals surface area contributed by atoms with Gasteiger partial charge in [-0.3, -0.25) is 0 Å². The third-order valence-corrected chi connectivity index (χ3v) is 5.71. The van der Waals surface area contributed by atoms with Gasteiger partial charge in [0, 0.05) is 6.04 Å². The number of ether oxygens (including phenoxy) is 1. The van der Waals surface area contributed by atoms with Crippen molar-refractivity contribution in [1.82, 2.24) is 4.72 Å². The van der Waals surface area contributed by atoms with Crippen LogP contribution in [0.1, 0.15) is 24.1 Å². The van der Waals surface area contributed by atoms with E-state index < -0.39 is 32.7 Å². The number of benzene rings is 2. The fourth-order valence-corrected chi connectivity index (χ4v) is 4.27. The number of rotatable bonds is 5. The topological polar surface area (TPSA) is 55.4 Å². The van der Waals surface area contributed by atoms with E-state index in [0.29, 0.717) is 15.8 Å². The van der Waals surface area contributed by atoms with Crippen molar-refractivity contribution >= 4 is 26.0 Å². The summed E-state index contributed by atoms with van der Waals surface area (Å²) < 4.78 is 72.1. The van der Waals surface area contributed by atoms with Crippen LogP contribution in [-0.2, 0) is 16.2 Å². The second-order valence-corrected chi connectivity index (χ2v) is 7.77. The highest BCUT2D eigenvalue weighted by Crippen LogP contribution is 2.34. The van der Waals surface area contributed by atoms with E-state index in [1.54, 1.807) is 25.1 Å². The van der Waals surface area contributed by atoms with Gasteiger partial charge in [0.25, 0.3) is 0 Å². The van der Waals surface area contributed by atoms with E-state index in [4.69, 9.17) is 4.74 Å². The Hall–Kier alpha value is -1.58. The first-order valence-electron chi connectivity index (χ1n) is 7.08. The molecule has 0 aromatic heterocycles. The molecule has 1 N–H and O–H groups in total. The zero-order chi connectivity index (χ0) is 18.8. The lowest BCUT2D eigenvalue weighted by Gasteiger charge is -2.18. The van der Waals surface area contributed by atoms with Crippen molar-refractivity contribution in [2.24, 2.45) is 0 Å². The molecule has 2 aromatic rings. The van der Waals surface area contributed by atoms with Crippen molar-refractivity contribution in [3.05, 3.63) is 58.1 Å². The van der Waals surface area contributed by atoms with Crippen molar-refractivity contribution in [1.29, 1.82) is 0 Å². The molecule has 0 radical (unpaired) electrons. The van der Waals surface area contributed by atoms with Gasteiger partial charge in [0.05, 0.1) is 22.0 Å². The van der Waals surface area contributed by atoms with Crippen LogP contribution in [0.2, 0.25) is 0 Å². The second-order valence-electron chi connectivity index (χ2n) is 5.23. The van der Waals surface area contributed by atoms with Gasteiger partial charge in [-0.15, -0.1) is 0 Å². The van der Waals surface area contributed by atoms with Gasteiger partial charge in [0.15, 0.2) is 0 Å². The van der Waals surface area contributed by atoms with Crippen molar-refractivity contribution in [3.8, 4) is 5.75 Å². The van der Waals surface area contributed by atoms with Crippen molar-refractivity contribution < 1.29 is 26.3 Å². The highest BCUT2D eigenvalue weighted by atomic mass is 79.9. The van der Waals surface area contributed by atoms with Crippen LogP contribution in [0.4, 0.5) is 13.2 Å². The first kappa shape index (κ1) is 19.7. The molecular weight excluding hydrogens is 423 g/mol. The summed E-state index contributed by atoms with van der Waals surface area (Å²) in [5, 5.41) is 0. The molecule has 25 heavy (non-hydrogen) atoms. The maximum atomic E-state index is 13.1. The summed E-state index contributed by atoms with van der Waals surface area (Å²) in [6, 6.07) is 8.23. The number of halogens is 4. The summed E-state index contributed by atoms with van der Waals surface area (Å²) in [7, 11) is -2.88. The fourth-order valence-electron chi connectivity index (χ4n) is 2.25. The zero-order valence-corrected chi connectivity index (χ0v) is 15.7. The van der Waals surface area contributed by atoms with Gasteiger partial charge in [-0.25, -0.2) is 13.1 Å². The molecule has 0 aliphatic carbocycles. The number of hydrogen-bond donors (Lipinski definition) is 1. The molecule has 1 unspecified atom stereocenters. The lowest BCUT2D eigenvalue weighted by atomic mass is 10.1. The average molecular weight is 438 g/mol. The van der Waals surface area contributed by atoms with Crippen molar-refractivity contribution in [2.75, 3.05) is 7.11 Å². The summed E-state index contributed by atoms with van der Waals surface area (Å²) in [5.41, 5.74) is -0.633. The van der Waals surface area contributed by atoms with Crippen LogP contribution in [0, 0.1) is 0 Å². The van der Waals surface area contributed by atoms with Crippen LogP contribution in [0.5, 0.6) is 5.75 Å². The molecule has 1 atom stereocenters. The number of hydrogen-bond acceptors (Lipinski definition) is 3. The SMILES string of the molecule is COc1ccc(C(C)NS(=O)(=O)c2ccccc2C(F)(F)F)cc1Br. The molecule has 4 nitrogen and oxygen atoms in total. The fraction of sp³-hybridized carbons (Fsp3) is 0.250. The van der Waals surface area contributed by atoms with Crippen LogP contribution in [0.25, 0.3) is 0 Å². The van der Waals surface area contributed by atoms with E-state index in [9.17, 15) is 21.6 Å². The molecule has 0 aliphatic rings. The Labute approximate surface area is 152 Å². The molecule has 0 spiro atoms. The van der Waals surface area contributed by atoms with Crippen LogP contribution >= 0.6 is 15.9 Å². The van der Waals surface area contributed by atoms with Crippen LogP contribution in [0.15, 0.2) is 51.8 Å². The zero-order valence-electron chi connectivity index (χ0n) is 13.3. The van der Waals surface area contributed by atoms with E-state index in [1.165, 1.54) is 13.2 Å². The molecule has 0 amide bonds. The van der Waals surface area contributed by atoms with E-state index >= 15 is 0 Å². The molecular formula is C16H15BrF3NO3S. The Morgan fingerprint density at radius 1 is 1.16 bits per heavy atom. The quantitative estimate of drug-likeness (QED) is 0.747. The number of alkyl halides is 3. The van der Waals surface area contributed by atoms with Crippen LogP contribution in [0.3, 0.4) is 0 Å². The lowest BCUT2D eigenvalue weighted by molar-refractivity contribution is -0.139. The molecule has 0 saturated heterocycles. The molecule has 136 valence electrons. The monoisotopic (exact) mass is 437 g/mol. The molecule has 9 heteroatoms. The van der Waals surface area contributed by atoms with Gasteiger partial charge in [0.2, 0.25) is 10.0 Å². The Bertz CT molecular complexity index is 869. The minimum absolute atomic E-state index is 0.557. The maximum absolute atomic E-state index is 13.1. The molecule has 2 rings (SSSR count). The van der Waals surface area contributed by atoms with E-state index in [-0.39, 0.29) is 0 Å². The van der Waals surface area contributed by atoms with Gasteiger partial charge in [-0.2, -0.15) is 13.2 Å². The Kier molecular flexibility index (Phi) is 5.80. The van der Waals surface area contributed by atoms with Crippen molar-refractivity contribution in [3.63, 3.8) is 0 Å². The summed E-state index contributed by atoms with van der Waals surface area (Å²) in [5.74, 6) is 0.557. The summed E-state index contributed by atoms with van der Waals surface area (Å²) in [4.78, 5) is -0.804. The lowest BCUT2D eigenvalue weighted by Crippen LogP contribution is -2.29. The maximum Gasteiger partial charge on any atom is 0.417 e. The van der Waals surface area contributed by atoms with Gasteiger partial charge in [-0.1, -0.05) is 18.2 Å². The van der Waals surface area contributed by atoms with E-state index in [0.717, 1.165) is 18.2 Å². The highest BCUT2D eigenvalue weighted by molar-refractivity contribution is 9.10. The van der Waals surface area contributed by atoms with Crippen LogP contribution in [-0.4, -0.2) is 15.5 Å². The minimum atomic E-state index is -4.77. The Balaban J connectivity index is 2.35. The molecule has 0 fully saturated rings. The standard InChI is InChI=1S/C16H15BrF3NO3S/c1-10(11-7-8-14(24-2)13(17)9-11)21-25(22,23)15-6-4-3-5-12(15)16(18,19)20/h3-10,21H,1-2H3. The second kappa shape index (κ2) is 7.35. The smallest absolute Gasteiger partial charge is 0.417 e. The predicted octanol–water partition coefficient (Wildman–Crippen LogP) is 4.52. The molecule has 0 aliphatic heterocycles. The number of methoxy groups -OCH3 is 1. The van der Waals surface area contributed by atoms with Gasteiger partial charge in [0.1, 0.15) is 5.75 Å². The largest absolute Gasteiger partial charge is 0.496 e. The highest BCUT2D eigenvalue weighted by Gasteiger charge is 2.37. The first-order valence-corrected chi connectivity index (χ1v) is 9.36. The van der Waals surface area contributed by atoms with E-state index in [1.807, 2.05) is 0 Å². The average Bonchev–Trinajstić information content (AvgIpc) is 2.53. The Morgan fingerprint density at radius 3 is 2.36 bits per heavy atom. The Morgan fingerprint density at radius 2 is 1.80 bits per heavy atom. The van der Waals surface area contributed by atoms with Crippen LogP contribution < -0.4 is 9.46 Å². The predicted molar refractivity (Wildman–Crippen MR) is 90.9 cm³/mol. The molecule has 2 aromatic carbocycles. The van der Waals surface area contributed by atoms with Crippen molar-refractivity contribution in [2.45, 2.75) is 24.0 Å². The number of sulfonamides is 1. The summed E-state index contributed by atoms with van der Waals surface area (Å²) >= 11 is 3.29. The van der Waals surface area contributed by atoms with Gasteiger partial charge >= 0.3 is 6.18 Å². The first-order chi connectivity index (χ1) is 11.6. The summed E-state index contributed by atoms with van der Waals surface area (Å²) in [6.07, 6.45) is -4.77. The molecule has 0 saturated carbocycles. The third-order valence-electron chi connectivity index (χ3n) is 3.49. The van der Waals surface area contributed by atoms with Gasteiger partial charge in [-0.05, 0) is 52.7 Å². The summed E-state index contributed by atoms with van der Waals surface area (Å²) in [6.45, 7) is 1.54. The molecule has 0 bridgehead atoms. The number of nitrogens with one attached hydrogen (secondary N) is 1. The normalized spacial score (nSPS) is 13.5. The van der Waals surface area contributed by atoms with Gasteiger partial charge < -0.3 is 4.74 Å². The minimum Gasteiger partial charge on any atom is -0.496 e.